The number of benzene rings is 1. The van der Waals surface area contributed by atoms with E-state index in [2.05, 4.69) is 21.1 Å². The van der Waals surface area contributed by atoms with E-state index in [-0.39, 0.29) is 5.82 Å². The van der Waals surface area contributed by atoms with Crippen molar-refractivity contribution in [2.75, 3.05) is 31.1 Å². The summed E-state index contributed by atoms with van der Waals surface area (Å²) in [6.45, 7) is 3.61. The zero-order chi connectivity index (χ0) is 14.5. The summed E-state index contributed by atoms with van der Waals surface area (Å²) in [6, 6.07) is 12.5. The number of nitrogens with zero attached hydrogens (tertiary/aromatic N) is 3. The average Bonchev–Trinajstić information content (AvgIpc) is 2.56. The predicted molar refractivity (Wildman–Crippen MR) is 80.8 cm³/mol. The fraction of sp³-hybridized carbons (Fsp3) is 0.250. The molecule has 21 heavy (non-hydrogen) atoms. The second-order valence-corrected chi connectivity index (χ2v) is 4.98. The first-order valence-electron chi connectivity index (χ1n) is 7.07. The lowest BCUT2D eigenvalue weighted by molar-refractivity contribution is -0.364. The molecule has 1 aliphatic heterocycles. The molecule has 0 atom stereocenters. The maximum atomic E-state index is 12.8. The first kappa shape index (κ1) is 13.5. The number of pyridine rings is 1. The van der Waals surface area contributed by atoms with Crippen molar-refractivity contribution in [1.29, 1.82) is 0 Å². The number of hydrazone groups is 1. The number of rotatable bonds is 3. The highest BCUT2D eigenvalue weighted by molar-refractivity contribution is 5.79. The Morgan fingerprint density at radius 1 is 1.00 bits per heavy atom. The Morgan fingerprint density at radius 2 is 1.76 bits per heavy atom. The predicted octanol–water partition coefficient (Wildman–Crippen LogP) is 1.80. The number of hydrogen-bond donors (Lipinski definition) is 0. The topological polar surface area (TPSA) is 33.0 Å². The largest absolute Gasteiger partial charge is 0.289 e. The highest BCUT2D eigenvalue weighted by Crippen LogP contribution is 2.10. The summed E-state index contributed by atoms with van der Waals surface area (Å²) in [5.41, 5.74) is 0.912. The first-order valence-corrected chi connectivity index (χ1v) is 7.07. The molecule has 0 spiro atoms. The normalized spacial score (nSPS) is 15.7. The van der Waals surface area contributed by atoms with Crippen LogP contribution in [0.2, 0.25) is 0 Å². The minimum absolute atomic E-state index is 0.222. The molecule has 1 aromatic carbocycles. The van der Waals surface area contributed by atoms with E-state index in [1.165, 1.54) is 12.1 Å². The molecule has 4 nitrogen and oxygen atoms in total. The molecule has 0 aliphatic carbocycles. The van der Waals surface area contributed by atoms with Gasteiger partial charge in [-0.1, -0.05) is 18.2 Å². The minimum atomic E-state index is -0.222. The molecule has 0 saturated carbocycles. The summed E-state index contributed by atoms with van der Waals surface area (Å²) in [5.74, 6) is 0.916. The van der Waals surface area contributed by atoms with Crippen LogP contribution in [-0.4, -0.2) is 37.4 Å². The zero-order valence-electron chi connectivity index (χ0n) is 11.7. The van der Waals surface area contributed by atoms with Gasteiger partial charge in [0.15, 0.2) is 0 Å². The number of piperazine rings is 1. The van der Waals surface area contributed by atoms with Gasteiger partial charge in [0.25, 0.3) is 5.82 Å². The highest BCUT2D eigenvalue weighted by atomic mass is 19.1. The van der Waals surface area contributed by atoms with Crippen molar-refractivity contribution in [2.45, 2.75) is 0 Å². The van der Waals surface area contributed by atoms with E-state index < -0.39 is 0 Å². The van der Waals surface area contributed by atoms with Gasteiger partial charge in [0.05, 0.1) is 25.5 Å². The van der Waals surface area contributed by atoms with Crippen molar-refractivity contribution >= 4 is 12.0 Å². The molecule has 1 N–H and O–H groups in total. The summed E-state index contributed by atoms with van der Waals surface area (Å²) in [7, 11) is 0. The molecular weight excluding hydrogens is 267 g/mol. The van der Waals surface area contributed by atoms with Gasteiger partial charge in [-0.05, 0) is 23.8 Å². The molecule has 1 aliphatic rings. The number of hydrogen-bond acceptors (Lipinski definition) is 3. The Bertz CT molecular complexity index is 589. The van der Waals surface area contributed by atoms with Crippen LogP contribution in [-0.2, 0) is 0 Å². The molecule has 108 valence electrons. The van der Waals surface area contributed by atoms with Gasteiger partial charge >= 0.3 is 0 Å². The molecule has 0 radical (unpaired) electrons. The summed E-state index contributed by atoms with van der Waals surface area (Å²) < 4.78 is 12.8. The number of anilines is 1. The monoisotopic (exact) mass is 285 g/mol. The lowest BCUT2D eigenvalue weighted by Gasteiger charge is -2.28. The van der Waals surface area contributed by atoms with E-state index in [0.29, 0.717) is 0 Å². The average molecular weight is 285 g/mol. The molecule has 3 rings (SSSR count). The van der Waals surface area contributed by atoms with E-state index in [1.807, 2.05) is 23.3 Å². The molecular formula is C16H18FN4+. The van der Waals surface area contributed by atoms with Crippen molar-refractivity contribution < 1.29 is 9.37 Å². The van der Waals surface area contributed by atoms with Crippen molar-refractivity contribution in [3.05, 3.63) is 60.0 Å². The summed E-state index contributed by atoms with van der Waals surface area (Å²) in [5, 5.41) is 6.50. The molecule has 1 aromatic heterocycles. The quantitative estimate of drug-likeness (QED) is 0.806. The van der Waals surface area contributed by atoms with Crippen LogP contribution in [0.3, 0.4) is 0 Å². The van der Waals surface area contributed by atoms with Gasteiger partial charge in [0.1, 0.15) is 18.9 Å². The third kappa shape index (κ3) is 3.56. The minimum Gasteiger partial charge on any atom is -0.289 e. The van der Waals surface area contributed by atoms with Crippen molar-refractivity contribution in [2.24, 2.45) is 5.10 Å². The van der Waals surface area contributed by atoms with Crippen LogP contribution >= 0.6 is 0 Å². The number of aromatic nitrogens is 1. The van der Waals surface area contributed by atoms with Crippen LogP contribution < -0.4 is 9.88 Å². The highest BCUT2D eigenvalue weighted by Gasteiger charge is 2.21. The van der Waals surface area contributed by atoms with Crippen LogP contribution in [0.15, 0.2) is 53.8 Å². The van der Waals surface area contributed by atoms with Crippen molar-refractivity contribution in [3.63, 3.8) is 0 Å². The van der Waals surface area contributed by atoms with Crippen LogP contribution in [0.1, 0.15) is 5.56 Å². The Morgan fingerprint density at radius 3 is 2.43 bits per heavy atom. The van der Waals surface area contributed by atoms with Gasteiger partial charge in [0, 0.05) is 6.07 Å². The summed E-state index contributed by atoms with van der Waals surface area (Å²) >= 11 is 0. The molecule has 0 bridgehead atoms. The molecule has 0 unspecified atom stereocenters. The van der Waals surface area contributed by atoms with Gasteiger partial charge in [-0.15, -0.1) is 0 Å². The van der Waals surface area contributed by atoms with Gasteiger partial charge in [-0.3, -0.25) is 9.91 Å². The zero-order valence-corrected chi connectivity index (χ0v) is 11.7. The first-order chi connectivity index (χ1) is 10.3. The second-order valence-electron chi connectivity index (χ2n) is 4.98. The summed E-state index contributed by atoms with van der Waals surface area (Å²) in [4.78, 5) is 5.56. The molecule has 2 aromatic rings. The Labute approximate surface area is 123 Å². The molecule has 1 fully saturated rings. The number of nitrogens with one attached hydrogen (secondary N) is 1. The molecule has 2 heterocycles. The van der Waals surface area contributed by atoms with E-state index in [0.717, 1.165) is 37.6 Å². The standard InChI is InChI=1S/C16H17FN4/c17-15-6-4-14(5-7-15)13-19-21-11-9-20(10-12-21)16-3-1-2-8-18-16/h1-8,13H,9-12H2/p+1. The number of halogens is 1. The third-order valence-corrected chi connectivity index (χ3v) is 3.53. The molecule has 0 amide bonds. The molecule has 5 heteroatoms. The summed E-state index contributed by atoms with van der Waals surface area (Å²) in [6.07, 6.45) is 3.72. The lowest BCUT2D eigenvalue weighted by atomic mass is 10.2. The van der Waals surface area contributed by atoms with Crippen LogP contribution in [0, 0.1) is 5.82 Å². The Hall–Kier alpha value is -2.43. The van der Waals surface area contributed by atoms with Gasteiger partial charge < -0.3 is 0 Å². The van der Waals surface area contributed by atoms with Gasteiger partial charge in [-0.25, -0.2) is 9.37 Å². The molecule has 1 saturated heterocycles. The van der Waals surface area contributed by atoms with E-state index in [9.17, 15) is 4.39 Å². The van der Waals surface area contributed by atoms with E-state index >= 15 is 0 Å². The van der Waals surface area contributed by atoms with Crippen molar-refractivity contribution in [3.8, 4) is 0 Å². The number of H-pyrrole nitrogens is 1. The van der Waals surface area contributed by atoms with E-state index in [4.69, 9.17) is 0 Å². The van der Waals surface area contributed by atoms with Crippen LogP contribution in [0.5, 0.6) is 0 Å². The van der Waals surface area contributed by atoms with Gasteiger partial charge in [0.2, 0.25) is 0 Å². The van der Waals surface area contributed by atoms with E-state index in [1.54, 1.807) is 18.3 Å². The van der Waals surface area contributed by atoms with Crippen LogP contribution in [0.4, 0.5) is 10.2 Å². The third-order valence-electron chi connectivity index (χ3n) is 3.53. The smallest absolute Gasteiger partial charge is 0.274 e. The second kappa shape index (κ2) is 6.35. The lowest BCUT2D eigenvalue weighted by Crippen LogP contribution is -2.45. The van der Waals surface area contributed by atoms with Crippen LogP contribution in [0.25, 0.3) is 0 Å². The Balaban J connectivity index is 1.55. The Kier molecular flexibility index (Phi) is 4.09. The fourth-order valence-electron chi connectivity index (χ4n) is 2.33. The maximum Gasteiger partial charge on any atom is 0.274 e. The van der Waals surface area contributed by atoms with Gasteiger partial charge in [-0.2, -0.15) is 5.10 Å². The fourth-order valence-corrected chi connectivity index (χ4v) is 2.33. The van der Waals surface area contributed by atoms with Crippen molar-refractivity contribution in [1.82, 2.24) is 5.01 Å². The maximum absolute atomic E-state index is 12.8. The SMILES string of the molecule is Fc1ccc(C=NN2CCN(c3cccc[nH+]3)CC2)cc1. The number of aromatic amines is 1.